The molecule has 2 aromatic carbocycles. The minimum absolute atomic E-state index is 0. The van der Waals surface area contributed by atoms with Crippen LogP contribution in [-0.4, -0.2) is 18.5 Å². The summed E-state index contributed by atoms with van der Waals surface area (Å²) in [4.78, 5) is 16.5. The lowest BCUT2D eigenvalue weighted by Crippen LogP contribution is -2.28. The van der Waals surface area contributed by atoms with Crippen LogP contribution >= 0.6 is 12.4 Å². The predicted octanol–water partition coefficient (Wildman–Crippen LogP) is 3.67. The molecular weight excluding hydrogens is 390 g/mol. The summed E-state index contributed by atoms with van der Waals surface area (Å²) in [5.74, 6) is 1.61. The summed E-state index contributed by atoms with van der Waals surface area (Å²) in [5.41, 5.74) is 11.9. The standard InChI is InChI=1S/C22H27N3O3.ClH/c23-22(24)25-14-16-6-8-18(9-7-16)21(26)28-20-12-10-19(11-13-20)27-15-17-4-2-1-3-5-17;/h1-5,10-13,16,18H,6-9,14-15H2,(H4,23,24,25);1H. The van der Waals surface area contributed by atoms with E-state index in [0.29, 0.717) is 24.8 Å². The van der Waals surface area contributed by atoms with Crippen LogP contribution in [0, 0.1) is 11.8 Å². The highest BCUT2D eigenvalue weighted by Gasteiger charge is 2.27. The third-order valence-corrected chi connectivity index (χ3v) is 5.00. The molecule has 0 saturated heterocycles. The second kappa shape index (κ2) is 11.3. The van der Waals surface area contributed by atoms with Crippen molar-refractivity contribution in [3.05, 3.63) is 60.2 Å². The van der Waals surface area contributed by atoms with E-state index >= 15 is 0 Å². The van der Waals surface area contributed by atoms with Gasteiger partial charge in [-0.2, -0.15) is 0 Å². The topological polar surface area (TPSA) is 99.9 Å². The number of nitrogens with two attached hydrogens (primary N) is 2. The lowest BCUT2D eigenvalue weighted by molar-refractivity contribution is -0.140. The van der Waals surface area contributed by atoms with E-state index in [-0.39, 0.29) is 30.3 Å². The number of hydrogen-bond donors (Lipinski definition) is 2. The number of carbonyl (C=O) groups is 1. The first-order valence-corrected chi connectivity index (χ1v) is 9.64. The number of hydrogen-bond acceptors (Lipinski definition) is 4. The van der Waals surface area contributed by atoms with Gasteiger partial charge >= 0.3 is 5.97 Å². The van der Waals surface area contributed by atoms with E-state index in [1.165, 1.54) is 0 Å². The summed E-state index contributed by atoms with van der Waals surface area (Å²) in [6, 6.07) is 17.1. The number of rotatable bonds is 7. The van der Waals surface area contributed by atoms with Crippen molar-refractivity contribution in [2.24, 2.45) is 28.3 Å². The van der Waals surface area contributed by atoms with E-state index in [1.54, 1.807) is 12.1 Å². The number of guanidine groups is 1. The fourth-order valence-corrected chi connectivity index (χ4v) is 3.36. The van der Waals surface area contributed by atoms with E-state index in [9.17, 15) is 4.79 Å². The fourth-order valence-electron chi connectivity index (χ4n) is 3.36. The van der Waals surface area contributed by atoms with Crippen LogP contribution in [0.2, 0.25) is 0 Å². The van der Waals surface area contributed by atoms with Gasteiger partial charge in [0.25, 0.3) is 0 Å². The van der Waals surface area contributed by atoms with Crippen molar-refractivity contribution in [3.63, 3.8) is 0 Å². The van der Waals surface area contributed by atoms with Gasteiger partial charge in [0.2, 0.25) is 0 Å². The van der Waals surface area contributed by atoms with Crippen LogP contribution in [0.25, 0.3) is 0 Å². The van der Waals surface area contributed by atoms with Gasteiger partial charge in [0.15, 0.2) is 5.96 Å². The Morgan fingerprint density at radius 2 is 1.55 bits per heavy atom. The van der Waals surface area contributed by atoms with Crippen LogP contribution in [0.15, 0.2) is 59.6 Å². The van der Waals surface area contributed by atoms with Crippen molar-refractivity contribution in [1.29, 1.82) is 0 Å². The highest BCUT2D eigenvalue weighted by Crippen LogP contribution is 2.30. The Labute approximate surface area is 177 Å². The second-order valence-electron chi connectivity index (χ2n) is 7.15. The molecule has 0 aromatic heterocycles. The number of ether oxygens (including phenoxy) is 2. The molecule has 0 heterocycles. The normalized spacial score (nSPS) is 18.2. The van der Waals surface area contributed by atoms with Gasteiger partial charge in [0.05, 0.1) is 5.92 Å². The van der Waals surface area contributed by atoms with Gasteiger partial charge in [-0.1, -0.05) is 30.3 Å². The monoisotopic (exact) mass is 417 g/mol. The van der Waals surface area contributed by atoms with Crippen molar-refractivity contribution in [1.82, 2.24) is 0 Å². The summed E-state index contributed by atoms with van der Waals surface area (Å²) in [6.45, 7) is 1.14. The molecule has 0 atom stereocenters. The van der Waals surface area contributed by atoms with Crippen LogP contribution < -0.4 is 20.9 Å². The van der Waals surface area contributed by atoms with Gasteiger partial charge < -0.3 is 20.9 Å². The first-order chi connectivity index (χ1) is 13.6. The first-order valence-electron chi connectivity index (χ1n) is 9.64. The molecular formula is C22H28ClN3O3. The van der Waals surface area contributed by atoms with Crippen LogP contribution in [0.5, 0.6) is 11.5 Å². The summed E-state index contributed by atoms with van der Waals surface area (Å²) in [5, 5.41) is 0. The van der Waals surface area contributed by atoms with E-state index in [1.807, 2.05) is 42.5 Å². The Bertz CT molecular complexity index is 785. The predicted molar refractivity (Wildman–Crippen MR) is 116 cm³/mol. The second-order valence-corrected chi connectivity index (χ2v) is 7.15. The Morgan fingerprint density at radius 3 is 2.17 bits per heavy atom. The molecule has 6 nitrogen and oxygen atoms in total. The number of aliphatic imine (C=N–C) groups is 1. The highest BCUT2D eigenvalue weighted by molar-refractivity contribution is 5.85. The van der Waals surface area contributed by atoms with Crippen molar-refractivity contribution in [2.75, 3.05) is 6.54 Å². The molecule has 0 bridgehead atoms. The Kier molecular flexibility index (Phi) is 8.80. The lowest BCUT2D eigenvalue weighted by Gasteiger charge is -2.26. The Hall–Kier alpha value is -2.73. The maximum atomic E-state index is 12.4. The van der Waals surface area contributed by atoms with E-state index in [4.69, 9.17) is 20.9 Å². The summed E-state index contributed by atoms with van der Waals surface area (Å²) in [6.07, 6.45) is 3.48. The van der Waals surface area contributed by atoms with Crippen LogP contribution in [-0.2, 0) is 11.4 Å². The average molecular weight is 418 g/mol. The highest BCUT2D eigenvalue weighted by atomic mass is 35.5. The molecule has 0 aliphatic heterocycles. The first kappa shape index (κ1) is 22.6. The van der Waals surface area contributed by atoms with Gasteiger partial charge in [-0.25, -0.2) is 0 Å². The molecule has 0 radical (unpaired) electrons. The molecule has 0 spiro atoms. The molecule has 1 aliphatic carbocycles. The largest absolute Gasteiger partial charge is 0.489 e. The molecule has 156 valence electrons. The van der Waals surface area contributed by atoms with Crippen molar-refractivity contribution in [2.45, 2.75) is 32.3 Å². The molecule has 1 fully saturated rings. The smallest absolute Gasteiger partial charge is 0.314 e. The lowest BCUT2D eigenvalue weighted by atomic mass is 9.82. The number of carbonyl (C=O) groups excluding carboxylic acids is 1. The zero-order valence-corrected chi connectivity index (χ0v) is 17.1. The molecule has 1 aliphatic rings. The van der Waals surface area contributed by atoms with Crippen LogP contribution in [0.3, 0.4) is 0 Å². The molecule has 2 aromatic rings. The van der Waals surface area contributed by atoms with Crippen molar-refractivity contribution < 1.29 is 14.3 Å². The van der Waals surface area contributed by atoms with Gasteiger partial charge in [0, 0.05) is 6.54 Å². The minimum Gasteiger partial charge on any atom is -0.489 e. The number of nitrogens with zero attached hydrogens (tertiary/aromatic N) is 1. The third-order valence-electron chi connectivity index (χ3n) is 5.00. The Morgan fingerprint density at radius 1 is 0.931 bits per heavy atom. The SMILES string of the molecule is Cl.NC(N)=NCC1CCC(C(=O)Oc2ccc(OCc3ccccc3)cc2)CC1. The maximum absolute atomic E-state index is 12.4. The molecule has 7 heteroatoms. The molecule has 29 heavy (non-hydrogen) atoms. The molecule has 3 rings (SSSR count). The van der Waals surface area contributed by atoms with Crippen LogP contribution in [0.4, 0.5) is 0 Å². The Balaban J connectivity index is 0.00000300. The third kappa shape index (κ3) is 7.31. The molecule has 0 unspecified atom stereocenters. The molecule has 0 amide bonds. The molecule has 4 N–H and O–H groups in total. The quantitative estimate of drug-likeness (QED) is 0.310. The maximum Gasteiger partial charge on any atom is 0.314 e. The van der Waals surface area contributed by atoms with Crippen LogP contribution in [0.1, 0.15) is 31.2 Å². The van der Waals surface area contributed by atoms with Gasteiger partial charge in [-0.05, 0) is 61.4 Å². The van der Waals surface area contributed by atoms with Gasteiger partial charge in [-0.15, -0.1) is 12.4 Å². The molecule has 1 saturated carbocycles. The average Bonchev–Trinajstić information content (AvgIpc) is 2.73. The van der Waals surface area contributed by atoms with E-state index in [0.717, 1.165) is 37.0 Å². The minimum atomic E-state index is -0.168. The summed E-state index contributed by atoms with van der Waals surface area (Å²) >= 11 is 0. The van der Waals surface area contributed by atoms with Gasteiger partial charge in [-0.3, -0.25) is 9.79 Å². The summed E-state index contributed by atoms with van der Waals surface area (Å²) < 4.78 is 11.3. The zero-order chi connectivity index (χ0) is 19.8. The fraction of sp³-hybridized carbons (Fsp3) is 0.364. The van der Waals surface area contributed by atoms with E-state index < -0.39 is 0 Å². The number of halogens is 1. The number of benzene rings is 2. The number of esters is 1. The van der Waals surface area contributed by atoms with Crippen molar-refractivity contribution >= 4 is 24.3 Å². The van der Waals surface area contributed by atoms with Crippen molar-refractivity contribution in [3.8, 4) is 11.5 Å². The zero-order valence-electron chi connectivity index (χ0n) is 16.3. The van der Waals surface area contributed by atoms with E-state index in [2.05, 4.69) is 4.99 Å². The summed E-state index contributed by atoms with van der Waals surface area (Å²) in [7, 11) is 0. The van der Waals surface area contributed by atoms with Gasteiger partial charge in [0.1, 0.15) is 18.1 Å².